The van der Waals surface area contributed by atoms with Crippen molar-refractivity contribution >= 4 is 11.1 Å². The summed E-state index contributed by atoms with van der Waals surface area (Å²) >= 11 is 0. The van der Waals surface area contributed by atoms with Gasteiger partial charge in [0.2, 0.25) is 0 Å². The van der Waals surface area contributed by atoms with Crippen molar-refractivity contribution in [1.82, 2.24) is 0 Å². The van der Waals surface area contributed by atoms with Gasteiger partial charge in [-0.05, 0) is 134 Å². The fourth-order valence-corrected chi connectivity index (χ4v) is 10.6. The Morgan fingerprint density at radius 3 is 1.06 bits per heavy atom. The van der Waals surface area contributed by atoms with Crippen LogP contribution in [0.3, 0.4) is 0 Å². The SMILES string of the molecule is CCCCCCCCCCOc1ccc(C(=CCOCC=C(c2ccc(OCCCCCCCCCC)cc2)[C@H]2CC[C@H](CCCCC)CC2)[C@H]2CC[C@H](CCCCC)CC2)cc1. The minimum Gasteiger partial charge on any atom is -0.494 e. The highest BCUT2D eigenvalue weighted by Crippen LogP contribution is 2.41. The predicted octanol–water partition coefficient (Wildman–Crippen LogP) is 19.0. The van der Waals surface area contributed by atoms with Crippen LogP contribution < -0.4 is 9.47 Å². The summed E-state index contributed by atoms with van der Waals surface area (Å²) in [6.45, 7) is 12.2. The fraction of sp³-hybridized carbons (Fsp3) is 0.733. The van der Waals surface area contributed by atoms with Crippen LogP contribution in [0.1, 0.15) is 244 Å². The quantitative estimate of drug-likeness (QED) is 0.0639. The molecule has 2 aromatic carbocycles. The third kappa shape index (κ3) is 22.5. The molecule has 63 heavy (non-hydrogen) atoms. The average molecular weight is 867 g/mol. The van der Waals surface area contributed by atoms with Gasteiger partial charge in [0.25, 0.3) is 0 Å². The minimum atomic E-state index is 0.606. The van der Waals surface area contributed by atoms with Crippen LogP contribution in [-0.4, -0.2) is 26.4 Å². The highest BCUT2D eigenvalue weighted by atomic mass is 16.5. The summed E-state index contributed by atoms with van der Waals surface area (Å²) in [5.74, 6) is 5.04. The van der Waals surface area contributed by atoms with Crippen LogP contribution in [0.15, 0.2) is 60.7 Å². The molecule has 356 valence electrons. The molecule has 0 spiro atoms. The minimum absolute atomic E-state index is 0.606. The first kappa shape index (κ1) is 53.1. The number of hydrogen-bond donors (Lipinski definition) is 0. The van der Waals surface area contributed by atoms with E-state index >= 15 is 0 Å². The lowest BCUT2D eigenvalue weighted by molar-refractivity contribution is 0.193. The van der Waals surface area contributed by atoms with Gasteiger partial charge in [-0.1, -0.05) is 205 Å². The fourth-order valence-electron chi connectivity index (χ4n) is 10.6. The smallest absolute Gasteiger partial charge is 0.119 e. The maximum Gasteiger partial charge on any atom is 0.119 e. The standard InChI is InChI=1S/C60H98O3/c1-5-9-13-15-17-19-21-25-47-62-57-41-37-55(38-42-57)59(53-33-29-51(30-34-53)27-23-11-7-3)45-49-61-50-46-60(54-35-31-52(32-36-54)28-24-12-8-4)56-39-43-58(44-40-56)63-48-26-22-20-18-16-14-10-6-2/h37-46,51-54H,5-36,47-50H2,1-4H3/t51-,52-,53-,54-. The van der Waals surface area contributed by atoms with E-state index in [4.69, 9.17) is 14.2 Å². The number of rotatable bonds is 36. The zero-order valence-corrected chi connectivity index (χ0v) is 41.8. The average Bonchev–Trinajstić information content (AvgIpc) is 3.32. The van der Waals surface area contributed by atoms with Gasteiger partial charge in [0.05, 0.1) is 26.4 Å². The molecule has 0 atom stereocenters. The highest BCUT2D eigenvalue weighted by Gasteiger charge is 2.26. The molecule has 0 aromatic heterocycles. The zero-order valence-electron chi connectivity index (χ0n) is 41.8. The molecule has 3 nitrogen and oxygen atoms in total. The van der Waals surface area contributed by atoms with Crippen LogP contribution in [0.2, 0.25) is 0 Å². The number of benzene rings is 2. The lowest BCUT2D eigenvalue weighted by Crippen LogP contribution is -2.17. The monoisotopic (exact) mass is 867 g/mol. The first-order chi connectivity index (χ1) is 31.1. The highest BCUT2D eigenvalue weighted by molar-refractivity contribution is 5.69. The van der Waals surface area contributed by atoms with Crippen molar-refractivity contribution in [1.29, 1.82) is 0 Å². The van der Waals surface area contributed by atoms with Gasteiger partial charge in [-0.25, -0.2) is 0 Å². The Kier molecular flexibility index (Phi) is 29.3. The molecule has 0 heterocycles. The molecule has 0 saturated heterocycles. The zero-order chi connectivity index (χ0) is 44.4. The first-order valence-corrected chi connectivity index (χ1v) is 27.6. The molecule has 0 unspecified atom stereocenters. The van der Waals surface area contributed by atoms with Crippen LogP contribution >= 0.6 is 0 Å². The van der Waals surface area contributed by atoms with Gasteiger partial charge in [-0.15, -0.1) is 0 Å². The second-order valence-corrected chi connectivity index (χ2v) is 20.0. The van der Waals surface area contributed by atoms with E-state index < -0.39 is 0 Å². The normalized spacial score (nSPS) is 19.7. The Morgan fingerprint density at radius 2 is 0.714 bits per heavy atom. The van der Waals surface area contributed by atoms with Crippen LogP contribution in [0, 0.1) is 23.7 Å². The maximum atomic E-state index is 6.56. The van der Waals surface area contributed by atoms with E-state index in [-0.39, 0.29) is 0 Å². The molecule has 2 aliphatic rings. The van der Waals surface area contributed by atoms with Crippen LogP contribution in [0.25, 0.3) is 11.1 Å². The van der Waals surface area contributed by atoms with E-state index in [2.05, 4.69) is 88.4 Å². The predicted molar refractivity (Wildman–Crippen MR) is 275 cm³/mol. The van der Waals surface area contributed by atoms with Gasteiger partial charge in [0.1, 0.15) is 11.5 Å². The Morgan fingerprint density at radius 1 is 0.397 bits per heavy atom. The summed E-state index contributed by atoms with van der Waals surface area (Å²) in [5.41, 5.74) is 5.68. The van der Waals surface area contributed by atoms with Crippen molar-refractivity contribution < 1.29 is 14.2 Å². The second kappa shape index (κ2) is 34.8. The summed E-state index contributed by atoms with van der Waals surface area (Å²) in [6, 6.07) is 18.1. The molecule has 2 aromatic rings. The molecule has 4 rings (SSSR count). The Bertz CT molecular complexity index is 1310. The van der Waals surface area contributed by atoms with E-state index in [1.807, 2.05) is 0 Å². The first-order valence-electron chi connectivity index (χ1n) is 27.6. The summed E-state index contributed by atoms with van der Waals surface area (Å²) in [5, 5.41) is 0. The van der Waals surface area contributed by atoms with Crippen molar-refractivity contribution in [3.8, 4) is 11.5 Å². The van der Waals surface area contributed by atoms with Crippen LogP contribution in [0.5, 0.6) is 11.5 Å². The number of unbranched alkanes of at least 4 members (excludes halogenated alkanes) is 18. The molecule has 0 bridgehead atoms. The van der Waals surface area contributed by atoms with E-state index in [0.717, 1.165) is 49.4 Å². The van der Waals surface area contributed by atoms with Crippen molar-refractivity contribution in [2.24, 2.45) is 23.7 Å². The lowest BCUT2D eigenvalue weighted by Gasteiger charge is -2.31. The molecular weight excluding hydrogens is 769 g/mol. The summed E-state index contributed by atoms with van der Waals surface area (Å²) in [4.78, 5) is 0. The second-order valence-electron chi connectivity index (χ2n) is 20.0. The number of hydrogen-bond acceptors (Lipinski definition) is 3. The van der Waals surface area contributed by atoms with Gasteiger partial charge in [0, 0.05) is 0 Å². The third-order valence-corrected chi connectivity index (χ3v) is 14.8. The van der Waals surface area contributed by atoms with Gasteiger partial charge in [-0.2, -0.15) is 0 Å². The molecule has 2 aliphatic carbocycles. The number of ether oxygens (including phenoxy) is 3. The topological polar surface area (TPSA) is 27.7 Å². The maximum absolute atomic E-state index is 6.56. The van der Waals surface area contributed by atoms with Crippen LogP contribution in [0.4, 0.5) is 0 Å². The van der Waals surface area contributed by atoms with Crippen molar-refractivity contribution in [2.75, 3.05) is 26.4 Å². The van der Waals surface area contributed by atoms with Crippen molar-refractivity contribution in [2.45, 2.75) is 233 Å². The van der Waals surface area contributed by atoms with E-state index in [9.17, 15) is 0 Å². The molecule has 0 N–H and O–H groups in total. The molecule has 0 aliphatic heterocycles. The lowest BCUT2D eigenvalue weighted by atomic mass is 9.75. The Balaban J connectivity index is 1.36. The van der Waals surface area contributed by atoms with Crippen molar-refractivity contribution in [3.05, 3.63) is 71.8 Å². The summed E-state index contributed by atoms with van der Waals surface area (Å²) in [7, 11) is 0. The number of allylic oxidation sites excluding steroid dienone is 2. The van der Waals surface area contributed by atoms with E-state index in [0.29, 0.717) is 25.0 Å². The van der Waals surface area contributed by atoms with E-state index in [1.165, 1.54) is 215 Å². The summed E-state index contributed by atoms with van der Waals surface area (Å²) in [6.07, 6.45) is 47.8. The molecular formula is C60H98O3. The van der Waals surface area contributed by atoms with Gasteiger partial charge in [-0.3, -0.25) is 0 Å². The van der Waals surface area contributed by atoms with Gasteiger partial charge in [0.15, 0.2) is 0 Å². The molecule has 0 amide bonds. The molecule has 2 fully saturated rings. The summed E-state index contributed by atoms with van der Waals surface area (Å²) < 4.78 is 19.0. The van der Waals surface area contributed by atoms with E-state index in [1.54, 1.807) is 0 Å². The molecule has 0 radical (unpaired) electrons. The van der Waals surface area contributed by atoms with Gasteiger partial charge < -0.3 is 14.2 Å². The van der Waals surface area contributed by atoms with Crippen molar-refractivity contribution in [3.63, 3.8) is 0 Å². The van der Waals surface area contributed by atoms with Crippen LogP contribution in [-0.2, 0) is 4.74 Å². The molecule has 2 saturated carbocycles. The van der Waals surface area contributed by atoms with Gasteiger partial charge >= 0.3 is 0 Å². The Labute approximate surface area is 390 Å². The third-order valence-electron chi connectivity index (χ3n) is 14.8. The molecule has 3 heteroatoms. The Hall–Kier alpha value is -2.52. The largest absolute Gasteiger partial charge is 0.494 e.